The van der Waals surface area contributed by atoms with Crippen LogP contribution in [0.5, 0.6) is 0 Å². The number of rotatable bonds is 4. The summed E-state index contributed by atoms with van der Waals surface area (Å²) in [5.74, 6) is -1.43. The molecule has 0 fully saturated rings. The fourth-order valence-electron chi connectivity index (χ4n) is 0.711. The van der Waals surface area contributed by atoms with Crippen LogP contribution in [0.1, 0.15) is 27.2 Å². The van der Waals surface area contributed by atoms with Gasteiger partial charge in [0.1, 0.15) is 0 Å². The second-order valence-electron chi connectivity index (χ2n) is 4.15. The van der Waals surface area contributed by atoms with Crippen molar-refractivity contribution < 1.29 is 19.8 Å². The molecule has 0 unspecified atom stereocenters. The van der Waals surface area contributed by atoms with Gasteiger partial charge in [0.15, 0.2) is 6.10 Å². The number of carbonyl (C=O) groups excluding carboxylic acids is 1. The number of carboxylic acid groups (broad SMARTS) is 1. The molecule has 0 heterocycles. The van der Waals surface area contributed by atoms with Gasteiger partial charge in [0.05, 0.1) is 0 Å². The first-order valence-corrected chi connectivity index (χ1v) is 4.44. The van der Waals surface area contributed by atoms with Crippen LogP contribution in [0.15, 0.2) is 0 Å². The van der Waals surface area contributed by atoms with E-state index < -0.39 is 17.5 Å². The van der Waals surface area contributed by atoms with Crippen LogP contribution in [0.2, 0.25) is 0 Å². The smallest absolute Gasteiger partial charge is 0.332 e. The highest BCUT2D eigenvalue weighted by Gasteiger charge is 2.21. The molecular formula is C9H17NO4. The van der Waals surface area contributed by atoms with Crippen LogP contribution in [-0.2, 0) is 9.59 Å². The van der Waals surface area contributed by atoms with E-state index >= 15 is 0 Å². The minimum atomic E-state index is -1.41. The van der Waals surface area contributed by atoms with Gasteiger partial charge in [-0.3, -0.25) is 4.79 Å². The molecule has 0 aromatic rings. The maximum Gasteiger partial charge on any atom is 0.332 e. The van der Waals surface area contributed by atoms with Crippen molar-refractivity contribution in [3.63, 3.8) is 0 Å². The summed E-state index contributed by atoms with van der Waals surface area (Å²) < 4.78 is 0. The maximum atomic E-state index is 11.3. The number of carbonyl (C=O) groups is 2. The number of hydrogen-bond acceptors (Lipinski definition) is 3. The SMILES string of the molecule is CC(C)(C)C(=O)NCC[C@H](O)C(=O)O. The summed E-state index contributed by atoms with van der Waals surface area (Å²) in [4.78, 5) is 21.5. The molecule has 0 aliphatic heterocycles. The molecule has 0 aliphatic rings. The van der Waals surface area contributed by atoms with Gasteiger partial charge < -0.3 is 15.5 Å². The van der Waals surface area contributed by atoms with Crippen LogP contribution in [0, 0.1) is 5.41 Å². The van der Waals surface area contributed by atoms with Crippen molar-refractivity contribution in [2.75, 3.05) is 6.54 Å². The standard InChI is InChI=1S/C9H17NO4/c1-9(2,3)8(14)10-5-4-6(11)7(12)13/h6,11H,4-5H2,1-3H3,(H,10,14)(H,12,13)/t6-/m0/s1. The molecule has 0 radical (unpaired) electrons. The van der Waals surface area contributed by atoms with Crippen molar-refractivity contribution in [2.45, 2.75) is 33.3 Å². The highest BCUT2D eigenvalue weighted by molar-refractivity contribution is 5.81. The number of nitrogens with one attached hydrogen (secondary N) is 1. The van der Waals surface area contributed by atoms with E-state index in [0.717, 1.165) is 0 Å². The third-order valence-electron chi connectivity index (χ3n) is 1.67. The van der Waals surface area contributed by atoms with Gasteiger partial charge in [-0.05, 0) is 0 Å². The topological polar surface area (TPSA) is 86.6 Å². The molecule has 0 spiro atoms. The Bertz CT molecular complexity index is 219. The molecule has 0 aromatic carbocycles. The van der Waals surface area contributed by atoms with Crippen molar-refractivity contribution in [3.05, 3.63) is 0 Å². The zero-order valence-corrected chi connectivity index (χ0v) is 8.70. The highest BCUT2D eigenvalue weighted by Crippen LogP contribution is 2.12. The molecular weight excluding hydrogens is 186 g/mol. The monoisotopic (exact) mass is 203 g/mol. The minimum absolute atomic E-state index is 0.0250. The van der Waals surface area contributed by atoms with Crippen LogP contribution < -0.4 is 5.32 Å². The fourth-order valence-corrected chi connectivity index (χ4v) is 0.711. The van der Waals surface area contributed by atoms with Gasteiger partial charge >= 0.3 is 5.97 Å². The largest absolute Gasteiger partial charge is 0.479 e. The van der Waals surface area contributed by atoms with Crippen molar-refractivity contribution in [1.82, 2.24) is 5.32 Å². The van der Waals surface area contributed by atoms with Crippen LogP contribution in [0.4, 0.5) is 0 Å². The third-order valence-corrected chi connectivity index (χ3v) is 1.67. The molecule has 0 aliphatic carbocycles. The molecule has 0 saturated carbocycles. The van der Waals surface area contributed by atoms with Crippen LogP contribution in [-0.4, -0.2) is 34.7 Å². The van der Waals surface area contributed by atoms with Gasteiger partial charge in [0.25, 0.3) is 0 Å². The molecule has 1 amide bonds. The quantitative estimate of drug-likeness (QED) is 0.599. The van der Waals surface area contributed by atoms with E-state index in [-0.39, 0.29) is 18.9 Å². The van der Waals surface area contributed by atoms with E-state index in [9.17, 15) is 9.59 Å². The van der Waals surface area contributed by atoms with Gasteiger partial charge in [0.2, 0.25) is 5.91 Å². The van der Waals surface area contributed by atoms with Crippen LogP contribution >= 0.6 is 0 Å². The summed E-state index contributed by atoms with van der Waals surface area (Å²) in [6, 6.07) is 0. The highest BCUT2D eigenvalue weighted by atomic mass is 16.4. The molecule has 5 heteroatoms. The second-order valence-corrected chi connectivity index (χ2v) is 4.15. The van der Waals surface area contributed by atoms with Gasteiger partial charge in [-0.25, -0.2) is 4.79 Å². The summed E-state index contributed by atoms with van der Waals surface area (Å²) in [5, 5.41) is 19.8. The molecule has 3 N–H and O–H groups in total. The average Bonchev–Trinajstić information content (AvgIpc) is 2.01. The Kier molecular flexibility index (Phi) is 4.56. The van der Waals surface area contributed by atoms with Crippen LogP contribution in [0.3, 0.4) is 0 Å². The zero-order valence-electron chi connectivity index (χ0n) is 8.70. The molecule has 0 saturated heterocycles. The Morgan fingerprint density at radius 2 is 1.86 bits per heavy atom. The van der Waals surface area contributed by atoms with E-state index in [4.69, 9.17) is 10.2 Å². The Labute approximate surface area is 83.1 Å². The third kappa shape index (κ3) is 4.81. The number of carboxylic acids is 1. The second kappa shape index (κ2) is 4.95. The summed E-state index contributed by atoms with van der Waals surface area (Å²) in [6.07, 6.45) is -1.38. The van der Waals surface area contributed by atoms with Gasteiger partial charge in [-0.15, -0.1) is 0 Å². The lowest BCUT2D eigenvalue weighted by Crippen LogP contribution is -2.37. The summed E-state index contributed by atoms with van der Waals surface area (Å²) in [7, 11) is 0. The number of amides is 1. The molecule has 0 aromatic heterocycles. The van der Waals surface area contributed by atoms with Crippen molar-refractivity contribution >= 4 is 11.9 Å². The van der Waals surface area contributed by atoms with Crippen molar-refractivity contribution in [2.24, 2.45) is 5.41 Å². The number of hydrogen-bond donors (Lipinski definition) is 3. The first-order valence-electron chi connectivity index (χ1n) is 4.44. The Hall–Kier alpha value is -1.10. The predicted molar refractivity (Wildman–Crippen MR) is 50.7 cm³/mol. The number of aliphatic carboxylic acids is 1. The number of aliphatic hydroxyl groups excluding tert-OH is 1. The lowest BCUT2D eigenvalue weighted by molar-refractivity contribution is -0.147. The Morgan fingerprint density at radius 1 is 1.36 bits per heavy atom. The van der Waals surface area contributed by atoms with E-state index in [1.807, 2.05) is 0 Å². The summed E-state index contributed by atoms with van der Waals surface area (Å²) in [5.41, 5.74) is -0.492. The van der Waals surface area contributed by atoms with E-state index in [2.05, 4.69) is 5.32 Å². The van der Waals surface area contributed by atoms with Gasteiger partial charge in [0, 0.05) is 18.4 Å². The molecule has 0 rings (SSSR count). The molecule has 1 atom stereocenters. The van der Waals surface area contributed by atoms with E-state index in [0.29, 0.717) is 0 Å². The van der Waals surface area contributed by atoms with Crippen molar-refractivity contribution in [3.8, 4) is 0 Å². The average molecular weight is 203 g/mol. The predicted octanol–water partition coefficient (Wildman–Crippen LogP) is -0.0157. The molecule has 82 valence electrons. The maximum absolute atomic E-state index is 11.3. The molecule has 0 bridgehead atoms. The summed E-state index contributed by atoms with van der Waals surface area (Å²) >= 11 is 0. The number of aliphatic hydroxyl groups is 1. The first kappa shape index (κ1) is 12.9. The van der Waals surface area contributed by atoms with Crippen molar-refractivity contribution in [1.29, 1.82) is 0 Å². The minimum Gasteiger partial charge on any atom is -0.479 e. The molecule has 14 heavy (non-hydrogen) atoms. The lowest BCUT2D eigenvalue weighted by atomic mass is 9.96. The van der Waals surface area contributed by atoms with E-state index in [1.165, 1.54) is 0 Å². The normalized spacial score (nSPS) is 13.4. The zero-order chi connectivity index (χ0) is 11.4. The Balaban J connectivity index is 3.76. The van der Waals surface area contributed by atoms with E-state index in [1.54, 1.807) is 20.8 Å². The summed E-state index contributed by atoms with van der Waals surface area (Å²) in [6.45, 7) is 5.45. The first-order chi connectivity index (χ1) is 6.25. The fraction of sp³-hybridized carbons (Fsp3) is 0.778. The Morgan fingerprint density at radius 3 is 2.21 bits per heavy atom. The lowest BCUT2D eigenvalue weighted by Gasteiger charge is -2.17. The van der Waals surface area contributed by atoms with Gasteiger partial charge in [-0.1, -0.05) is 20.8 Å². The molecule has 5 nitrogen and oxygen atoms in total. The van der Waals surface area contributed by atoms with Crippen LogP contribution in [0.25, 0.3) is 0 Å². The van der Waals surface area contributed by atoms with Gasteiger partial charge in [-0.2, -0.15) is 0 Å².